The van der Waals surface area contributed by atoms with E-state index in [-0.39, 0.29) is 0 Å². The third-order valence-electron chi connectivity index (χ3n) is 3.03. The smallest absolute Gasteiger partial charge is 0.130 e. The lowest BCUT2D eigenvalue weighted by atomic mass is 10.1. The minimum Gasteiger partial charge on any atom is -0.496 e. The number of hydrogen-bond donors (Lipinski definition) is 1. The first-order chi connectivity index (χ1) is 8.22. The summed E-state index contributed by atoms with van der Waals surface area (Å²) in [6.45, 7) is 1.64. The molecule has 88 valence electrons. The molecule has 0 spiro atoms. The van der Waals surface area contributed by atoms with Crippen molar-refractivity contribution in [3.05, 3.63) is 33.4 Å². The zero-order valence-electron chi connectivity index (χ0n) is 9.18. The van der Waals surface area contributed by atoms with E-state index >= 15 is 0 Å². The van der Waals surface area contributed by atoms with E-state index in [2.05, 4.69) is 10.3 Å². The lowest BCUT2D eigenvalue weighted by molar-refractivity contribution is 0.419. The number of benzene rings is 1. The number of methoxy groups -OCH3 is 1. The minimum atomic E-state index is 0.467. The van der Waals surface area contributed by atoms with Crippen molar-refractivity contribution in [1.82, 2.24) is 10.3 Å². The van der Waals surface area contributed by atoms with Crippen LogP contribution in [0.1, 0.15) is 11.1 Å². The minimum absolute atomic E-state index is 0.467. The molecule has 1 aliphatic heterocycles. The van der Waals surface area contributed by atoms with E-state index in [9.17, 15) is 0 Å². The van der Waals surface area contributed by atoms with Gasteiger partial charge in [0.1, 0.15) is 5.75 Å². The van der Waals surface area contributed by atoms with E-state index < -0.39 is 0 Å². The SMILES string of the molecule is COc1cc(Cl)c(Cl)c2ncc3c(c12)CNC3. The zero-order valence-corrected chi connectivity index (χ0v) is 10.7. The van der Waals surface area contributed by atoms with Crippen molar-refractivity contribution in [1.29, 1.82) is 0 Å². The number of ether oxygens (including phenoxy) is 1. The number of hydrogen-bond acceptors (Lipinski definition) is 3. The van der Waals surface area contributed by atoms with Crippen LogP contribution in [0.5, 0.6) is 5.75 Å². The highest BCUT2D eigenvalue weighted by molar-refractivity contribution is 6.45. The van der Waals surface area contributed by atoms with Crippen LogP contribution in [0.15, 0.2) is 12.3 Å². The van der Waals surface area contributed by atoms with Gasteiger partial charge in [-0.25, -0.2) is 0 Å². The Morgan fingerprint density at radius 3 is 2.94 bits per heavy atom. The second kappa shape index (κ2) is 4.02. The highest BCUT2D eigenvalue weighted by Crippen LogP contribution is 2.39. The summed E-state index contributed by atoms with van der Waals surface area (Å²) in [5.74, 6) is 0.724. The zero-order chi connectivity index (χ0) is 12.0. The lowest BCUT2D eigenvalue weighted by Gasteiger charge is -2.11. The lowest BCUT2D eigenvalue weighted by Crippen LogP contribution is -2.00. The van der Waals surface area contributed by atoms with Crippen LogP contribution in [0.2, 0.25) is 10.0 Å². The number of rotatable bonds is 1. The summed E-state index contributed by atoms with van der Waals surface area (Å²) < 4.78 is 5.38. The van der Waals surface area contributed by atoms with E-state index in [4.69, 9.17) is 27.9 Å². The van der Waals surface area contributed by atoms with Gasteiger partial charge in [0.2, 0.25) is 0 Å². The largest absolute Gasteiger partial charge is 0.496 e. The average Bonchev–Trinajstić information content (AvgIpc) is 2.81. The Kier molecular flexibility index (Phi) is 2.62. The number of halogens is 2. The van der Waals surface area contributed by atoms with Gasteiger partial charge in [-0.05, 0) is 11.1 Å². The average molecular weight is 269 g/mol. The van der Waals surface area contributed by atoms with Gasteiger partial charge < -0.3 is 10.1 Å². The molecule has 0 saturated heterocycles. The fraction of sp³-hybridized carbons (Fsp3) is 0.250. The summed E-state index contributed by atoms with van der Waals surface area (Å²) >= 11 is 12.2. The molecule has 0 atom stereocenters. The van der Waals surface area contributed by atoms with Crippen LogP contribution >= 0.6 is 23.2 Å². The summed E-state index contributed by atoms with van der Waals surface area (Å²) in [5, 5.41) is 5.21. The summed E-state index contributed by atoms with van der Waals surface area (Å²) in [5.41, 5.74) is 3.10. The van der Waals surface area contributed by atoms with E-state index in [1.165, 1.54) is 11.1 Å². The van der Waals surface area contributed by atoms with E-state index in [0.29, 0.717) is 15.6 Å². The molecule has 0 fully saturated rings. The molecule has 17 heavy (non-hydrogen) atoms. The molecule has 1 aliphatic rings. The predicted octanol–water partition coefficient (Wildman–Crippen LogP) is 3.15. The number of nitrogens with one attached hydrogen (secondary N) is 1. The highest BCUT2D eigenvalue weighted by atomic mass is 35.5. The maximum atomic E-state index is 6.19. The number of fused-ring (bicyclic) bond motifs is 3. The summed E-state index contributed by atoms with van der Waals surface area (Å²) in [4.78, 5) is 4.39. The monoisotopic (exact) mass is 268 g/mol. The third-order valence-corrected chi connectivity index (χ3v) is 3.81. The fourth-order valence-corrected chi connectivity index (χ4v) is 2.61. The molecule has 0 unspecified atom stereocenters. The molecule has 0 saturated carbocycles. The van der Waals surface area contributed by atoms with Crippen LogP contribution in [0, 0.1) is 0 Å². The van der Waals surface area contributed by atoms with Crippen LogP contribution in [0.3, 0.4) is 0 Å². The number of nitrogens with zero attached hydrogens (tertiary/aromatic N) is 1. The molecule has 0 amide bonds. The summed E-state index contributed by atoms with van der Waals surface area (Å²) in [7, 11) is 1.63. The van der Waals surface area contributed by atoms with E-state index in [1.54, 1.807) is 13.2 Å². The molecule has 3 rings (SSSR count). The Hall–Kier alpha value is -1.03. The first-order valence-corrected chi connectivity index (χ1v) is 6.01. The van der Waals surface area contributed by atoms with Crippen molar-refractivity contribution in [2.45, 2.75) is 13.1 Å². The molecule has 2 heterocycles. The van der Waals surface area contributed by atoms with E-state index in [0.717, 1.165) is 24.2 Å². The third kappa shape index (κ3) is 1.58. The molecule has 5 heteroatoms. The Morgan fingerprint density at radius 2 is 2.18 bits per heavy atom. The van der Waals surface area contributed by atoms with Gasteiger partial charge in [0.05, 0.1) is 22.7 Å². The van der Waals surface area contributed by atoms with Gasteiger partial charge in [-0.1, -0.05) is 23.2 Å². The van der Waals surface area contributed by atoms with Crippen molar-refractivity contribution in [3.8, 4) is 5.75 Å². The second-order valence-corrected chi connectivity index (χ2v) is 4.75. The second-order valence-electron chi connectivity index (χ2n) is 3.96. The Balaban J connectivity index is 2.47. The topological polar surface area (TPSA) is 34.1 Å². The quantitative estimate of drug-likeness (QED) is 0.863. The maximum absolute atomic E-state index is 6.19. The van der Waals surface area contributed by atoms with Crippen molar-refractivity contribution >= 4 is 34.1 Å². The molecule has 1 N–H and O–H groups in total. The Labute approximate surface area is 109 Å². The van der Waals surface area contributed by atoms with Gasteiger partial charge >= 0.3 is 0 Å². The normalized spacial score (nSPS) is 14.1. The number of aromatic nitrogens is 1. The van der Waals surface area contributed by atoms with E-state index in [1.807, 2.05) is 6.20 Å². The van der Waals surface area contributed by atoms with Crippen LogP contribution in [-0.4, -0.2) is 12.1 Å². The number of pyridine rings is 1. The highest BCUT2D eigenvalue weighted by Gasteiger charge is 2.20. The molecular weight excluding hydrogens is 259 g/mol. The summed E-state index contributed by atoms with van der Waals surface area (Å²) in [6, 6.07) is 1.74. The van der Waals surface area contributed by atoms with Gasteiger partial charge in [0, 0.05) is 30.7 Å². The Morgan fingerprint density at radius 1 is 1.35 bits per heavy atom. The summed E-state index contributed by atoms with van der Waals surface area (Å²) in [6.07, 6.45) is 1.85. The van der Waals surface area contributed by atoms with Crippen LogP contribution in [0.25, 0.3) is 10.9 Å². The van der Waals surface area contributed by atoms with Crippen molar-refractivity contribution in [2.75, 3.05) is 7.11 Å². The molecular formula is C12H10Cl2N2O. The molecule has 0 bridgehead atoms. The van der Waals surface area contributed by atoms with Crippen LogP contribution in [-0.2, 0) is 13.1 Å². The van der Waals surface area contributed by atoms with Crippen LogP contribution in [0.4, 0.5) is 0 Å². The molecule has 1 aromatic heterocycles. The molecule has 1 aromatic carbocycles. The van der Waals surface area contributed by atoms with Crippen molar-refractivity contribution in [2.24, 2.45) is 0 Å². The van der Waals surface area contributed by atoms with Gasteiger partial charge in [-0.3, -0.25) is 4.98 Å². The standard InChI is InChI=1S/C12H10Cl2N2O/c1-17-9-2-8(13)11(14)12-10(9)7-5-15-3-6(7)4-16-12/h2,4,15H,3,5H2,1H3. The maximum Gasteiger partial charge on any atom is 0.130 e. The fourth-order valence-electron chi connectivity index (χ4n) is 2.22. The first kappa shape index (κ1) is 11.1. The van der Waals surface area contributed by atoms with Crippen molar-refractivity contribution < 1.29 is 4.74 Å². The van der Waals surface area contributed by atoms with Crippen LogP contribution < -0.4 is 10.1 Å². The molecule has 3 nitrogen and oxygen atoms in total. The Bertz CT molecular complexity index is 613. The molecule has 0 aliphatic carbocycles. The predicted molar refractivity (Wildman–Crippen MR) is 68.9 cm³/mol. The molecule has 0 radical (unpaired) electrons. The van der Waals surface area contributed by atoms with Crippen molar-refractivity contribution in [3.63, 3.8) is 0 Å². The first-order valence-electron chi connectivity index (χ1n) is 5.25. The van der Waals surface area contributed by atoms with Gasteiger partial charge in [-0.15, -0.1) is 0 Å². The van der Waals surface area contributed by atoms with Gasteiger partial charge in [0.25, 0.3) is 0 Å². The molecule has 2 aromatic rings. The van der Waals surface area contributed by atoms with Gasteiger partial charge in [-0.2, -0.15) is 0 Å². The van der Waals surface area contributed by atoms with Gasteiger partial charge in [0.15, 0.2) is 0 Å².